The summed E-state index contributed by atoms with van der Waals surface area (Å²) < 4.78 is 30.6. The van der Waals surface area contributed by atoms with Crippen LogP contribution in [-0.4, -0.2) is 23.4 Å². The van der Waals surface area contributed by atoms with Crippen molar-refractivity contribution >= 4 is 0 Å². The maximum Gasteiger partial charge on any atom is 0.244 e. The normalized spacial score (nSPS) is 15.1. The Morgan fingerprint density at radius 1 is 1.16 bits per heavy atom. The first-order valence-electron chi connectivity index (χ1n) is 9.88. The zero-order valence-corrected chi connectivity index (χ0v) is 17.1. The number of halogens is 1. The van der Waals surface area contributed by atoms with Gasteiger partial charge in [-0.3, -0.25) is 5.10 Å². The molecule has 0 saturated heterocycles. The Morgan fingerprint density at radius 2 is 1.90 bits per heavy atom. The fraction of sp³-hybridized carbons (Fsp3) is 0.217. The molecule has 3 aromatic rings. The van der Waals surface area contributed by atoms with Crippen molar-refractivity contribution in [2.45, 2.75) is 19.8 Å². The van der Waals surface area contributed by atoms with E-state index in [0.717, 1.165) is 5.56 Å². The van der Waals surface area contributed by atoms with Gasteiger partial charge in [0.15, 0.2) is 0 Å². The highest BCUT2D eigenvalue weighted by atomic mass is 19.1. The number of nitriles is 1. The summed E-state index contributed by atoms with van der Waals surface area (Å²) >= 11 is 0. The van der Waals surface area contributed by atoms with Crippen LogP contribution in [0.15, 0.2) is 53.9 Å². The van der Waals surface area contributed by atoms with E-state index in [2.05, 4.69) is 16.3 Å². The van der Waals surface area contributed by atoms with E-state index in [9.17, 15) is 9.65 Å². The molecule has 8 heteroatoms. The van der Waals surface area contributed by atoms with Gasteiger partial charge in [0.1, 0.15) is 29.0 Å². The lowest BCUT2D eigenvalue weighted by Gasteiger charge is -2.24. The van der Waals surface area contributed by atoms with Gasteiger partial charge in [-0.05, 0) is 43.7 Å². The molecule has 3 N–H and O–H groups in total. The molecule has 0 amide bonds. The number of H-pyrrole nitrogens is 1. The molecule has 0 fully saturated rings. The van der Waals surface area contributed by atoms with Gasteiger partial charge < -0.3 is 19.9 Å². The molecule has 1 atom stereocenters. The molecule has 0 radical (unpaired) electrons. The Balaban J connectivity index is 1.91. The number of hydrogen-bond donors (Lipinski definition) is 2. The van der Waals surface area contributed by atoms with Crippen LogP contribution in [0.4, 0.5) is 4.39 Å². The number of aromatic amines is 1. The van der Waals surface area contributed by atoms with Gasteiger partial charge in [0.25, 0.3) is 0 Å². The molecule has 0 saturated carbocycles. The smallest absolute Gasteiger partial charge is 0.244 e. The van der Waals surface area contributed by atoms with Crippen molar-refractivity contribution in [2.24, 2.45) is 5.73 Å². The molecule has 0 aliphatic carbocycles. The fourth-order valence-electron chi connectivity index (χ4n) is 3.68. The highest BCUT2D eigenvalue weighted by Crippen LogP contribution is 2.47. The van der Waals surface area contributed by atoms with Gasteiger partial charge in [-0.15, -0.1) is 5.10 Å². The number of allylic oxidation sites excluding steroid dienone is 1. The van der Waals surface area contributed by atoms with E-state index in [0.29, 0.717) is 41.5 Å². The van der Waals surface area contributed by atoms with E-state index < -0.39 is 5.92 Å². The van der Waals surface area contributed by atoms with Crippen molar-refractivity contribution in [3.05, 3.63) is 70.9 Å². The molecular formula is C23H21FN4O3. The highest BCUT2D eigenvalue weighted by molar-refractivity contribution is 5.76. The fourth-order valence-corrected chi connectivity index (χ4v) is 3.68. The summed E-state index contributed by atoms with van der Waals surface area (Å²) in [6.07, 6.45) is 0. The summed E-state index contributed by atoms with van der Waals surface area (Å²) in [7, 11) is 0. The molecule has 7 nitrogen and oxygen atoms in total. The van der Waals surface area contributed by atoms with Gasteiger partial charge in [-0.1, -0.05) is 12.1 Å². The lowest BCUT2D eigenvalue weighted by Crippen LogP contribution is -2.21. The first-order valence-corrected chi connectivity index (χ1v) is 9.88. The van der Waals surface area contributed by atoms with Crippen molar-refractivity contribution in [3.8, 4) is 34.7 Å². The minimum Gasteiger partial charge on any atom is -0.494 e. The number of hydrogen-bond acceptors (Lipinski definition) is 6. The van der Waals surface area contributed by atoms with Crippen molar-refractivity contribution in [3.63, 3.8) is 0 Å². The molecule has 0 spiro atoms. The van der Waals surface area contributed by atoms with Crippen LogP contribution >= 0.6 is 0 Å². The Labute approximate surface area is 178 Å². The predicted molar refractivity (Wildman–Crippen MR) is 112 cm³/mol. The number of rotatable bonds is 6. The largest absolute Gasteiger partial charge is 0.494 e. The number of ether oxygens (including phenoxy) is 3. The van der Waals surface area contributed by atoms with Gasteiger partial charge in [0.05, 0.1) is 30.4 Å². The van der Waals surface area contributed by atoms with Gasteiger partial charge in [-0.2, -0.15) is 5.26 Å². The number of fused-ring (bicyclic) bond motifs is 1. The average Bonchev–Trinajstić information content (AvgIpc) is 3.17. The second-order valence-corrected chi connectivity index (χ2v) is 6.82. The maximum atomic E-state index is 13.6. The van der Waals surface area contributed by atoms with Crippen LogP contribution in [-0.2, 0) is 0 Å². The standard InChI is InChI=1S/C23H21FN4O3/c1-3-29-15-9-10-16(18(11-15)30-4-2)21-20-19(13-5-7-14(24)8-6-13)17(12-25)22(26)31-23(20)28-27-21/h5-11,19H,3-4,26H2,1-2H3,(H,27,28)/t19-/m0/s1. The lowest BCUT2D eigenvalue weighted by molar-refractivity contribution is 0.324. The zero-order valence-electron chi connectivity index (χ0n) is 17.1. The molecule has 1 aromatic heterocycles. The topological polar surface area (TPSA) is 106 Å². The van der Waals surface area contributed by atoms with Crippen LogP contribution in [0.5, 0.6) is 17.4 Å². The zero-order chi connectivity index (χ0) is 22.0. The Hall–Kier alpha value is -3.99. The van der Waals surface area contributed by atoms with Crippen molar-refractivity contribution in [1.82, 2.24) is 10.2 Å². The van der Waals surface area contributed by atoms with Crippen LogP contribution < -0.4 is 19.9 Å². The van der Waals surface area contributed by atoms with E-state index in [-0.39, 0.29) is 23.2 Å². The quantitative estimate of drug-likeness (QED) is 0.618. The molecule has 0 bridgehead atoms. The predicted octanol–water partition coefficient (Wildman–Crippen LogP) is 4.23. The molecule has 1 aliphatic heterocycles. The molecule has 4 rings (SSSR count). The number of nitrogens with zero attached hydrogens (tertiary/aromatic N) is 2. The molecule has 31 heavy (non-hydrogen) atoms. The molecule has 1 aliphatic rings. The van der Waals surface area contributed by atoms with E-state index in [1.807, 2.05) is 32.0 Å². The third-order valence-electron chi connectivity index (χ3n) is 4.98. The van der Waals surface area contributed by atoms with Crippen molar-refractivity contribution in [2.75, 3.05) is 13.2 Å². The molecule has 2 aromatic carbocycles. The third-order valence-corrected chi connectivity index (χ3v) is 4.98. The number of nitrogens with one attached hydrogen (secondary N) is 1. The third kappa shape index (κ3) is 3.66. The number of nitrogens with two attached hydrogens (primary N) is 1. The SMILES string of the molecule is CCOc1ccc(-c2[nH]nc3c2[C@@H](c2ccc(F)cc2)C(C#N)=C(N)O3)c(OCC)c1. The van der Waals surface area contributed by atoms with Gasteiger partial charge in [0.2, 0.25) is 11.8 Å². The van der Waals surface area contributed by atoms with Gasteiger partial charge in [-0.25, -0.2) is 4.39 Å². The monoisotopic (exact) mass is 420 g/mol. The summed E-state index contributed by atoms with van der Waals surface area (Å²) in [5.41, 5.74) is 8.90. The van der Waals surface area contributed by atoms with Crippen LogP contribution in [0.3, 0.4) is 0 Å². The summed E-state index contributed by atoms with van der Waals surface area (Å²) in [6, 6.07) is 13.6. The van der Waals surface area contributed by atoms with Crippen LogP contribution in [0.1, 0.15) is 30.9 Å². The minimum atomic E-state index is -0.579. The molecule has 158 valence electrons. The van der Waals surface area contributed by atoms with Crippen molar-refractivity contribution in [1.29, 1.82) is 5.26 Å². The lowest BCUT2D eigenvalue weighted by atomic mass is 9.83. The summed E-state index contributed by atoms with van der Waals surface area (Å²) in [5.74, 6) is 0.555. The van der Waals surface area contributed by atoms with Gasteiger partial charge in [0, 0.05) is 11.6 Å². The maximum absolute atomic E-state index is 13.6. The minimum absolute atomic E-state index is 0.0286. The summed E-state index contributed by atoms with van der Waals surface area (Å²) in [6.45, 7) is 4.78. The first-order chi connectivity index (χ1) is 15.1. The van der Waals surface area contributed by atoms with Crippen LogP contribution in [0, 0.1) is 17.1 Å². The second-order valence-electron chi connectivity index (χ2n) is 6.82. The Kier molecular flexibility index (Phi) is 5.50. The van der Waals surface area contributed by atoms with Crippen LogP contribution in [0.25, 0.3) is 11.3 Å². The van der Waals surface area contributed by atoms with E-state index in [1.54, 1.807) is 12.1 Å². The molecule has 0 unspecified atom stereocenters. The first kappa shape index (κ1) is 20.3. The highest BCUT2D eigenvalue weighted by Gasteiger charge is 2.36. The van der Waals surface area contributed by atoms with E-state index >= 15 is 0 Å². The molecular weight excluding hydrogens is 399 g/mol. The van der Waals surface area contributed by atoms with Gasteiger partial charge >= 0.3 is 0 Å². The Morgan fingerprint density at radius 3 is 2.58 bits per heavy atom. The Bertz CT molecular complexity index is 1180. The van der Waals surface area contributed by atoms with Crippen molar-refractivity contribution < 1.29 is 18.6 Å². The number of aromatic nitrogens is 2. The average molecular weight is 420 g/mol. The number of benzene rings is 2. The molecule has 2 heterocycles. The van der Waals surface area contributed by atoms with E-state index in [1.165, 1.54) is 12.1 Å². The second kappa shape index (κ2) is 8.40. The summed E-state index contributed by atoms with van der Waals surface area (Å²) in [5, 5.41) is 17.1. The van der Waals surface area contributed by atoms with E-state index in [4.69, 9.17) is 19.9 Å². The van der Waals surface area contributed by atoms with Crippen LogP contribution in [0.2, 0.25) is 0 Å². The summed E-state index contributed by atoms with van der Waals surface area (Å²) in [4.78, 5) is 0.